The van der Waals surface area contributed by atoms with E-state index < -0.39 is 55.5 Å². The molecule has 0 fully saturated rings. The lowest BCUT2D eigenvalue weighted by Gasteiger charge is -2.23. The molecular weight excluding hydrogens is 894 g/mol. The van der Waals surface area contributed by atoms with Crippen LogP contribution in [0.5, 0.6) is 0 Å². The summed E-state index contributed by atoms with van der Waals surface area (Å²) >= 11 is 0. The summed E-state index contributed by atoms with van der Waals surface area (Å²) < 4.78 is 41.1. The standard InChI is InChI=1S/C50H64N5O12P/c1-3-67-68(62,33-19-18-32-55(50(61)66-37-43-26-14-7-15-27-43)31-17-16-30-51-48(59)64-35-41-22-10-5-11-23-41)38-52-46(57)39(2)53-45(56)29-28-44(47(58)63-34-40-20-8-4-9-21-40)54-49(60)65-36-42-24-12-6-13-25-42/h4-15,20-27,39,44H,3,16-19,28-38H2,1-2H3,(H,51,59)(H,52,57)(H,53,56)(H,54,60)/t39-,44-,68?/m0/s1. The summed E-state index contributed by atoms with van der Waals surface area (Å²) in [6, 6.07) is 34.3. The molecule has 0 saturated carbocycles. The lowest BCUT2D eigenvalue weighted by Crippen LogP contribution is -2.46. The van der Waals surface area contributed by atoms with E-state index in [9.17, 15) is 33.3 Å². The van der Waals surface area contributed by atoms with Crippen molar-refractivity contribution in [3.05, 3.63) is 144 Å². The van der Waals surface area contributed by atoms with Gasteiger partial charge in [0.1, 0.15) is 38.5 Å². The van der Waals surface area contributed by atoms with Crippen LogP contribution in [0.15, 0.2) is 121 Å². The highest BCUT2D eigenvalue weighted by Crippen LogP contribution is 2.46. The summed E-state index contributed by atoms with van der Waals surface area (Å²) in [5, 5.41) is 10.4. The zero-order chi connectivity index (χ0) is 48.8. The van der Waals surface area contributed by atoms with Crippen molar-refractivity contribution < 1.29 is 56.8 Å². The van der Waals surface area contributed by atoms with E-state index in [1.165, 1.54) is 6.92 Å². The molecule has 366 valence electrons. The van der Waals surface area contributed by atoms with Crippen molar-refractivity contribution in [3.63, 3.8) is 0 Å². The van der Waals surface area contributed by atoms with E-state index in [4.69, 9.17) is 23.5 Å². The molecule has 68 heavy (non-hydrogen) atoms. The van der Waals surface area contributed by atoms with Gasteiger partial charge < -0.3 is 49.6 Å². The van der Waals surface area contributed by atoms with Gasteiger partial charge in [0, 0.05) is 32.2 Å². The number of carbonyl (C=O) groups is 6. The van der Waals surface area contributed by atoms with E-state index in [1.54, 1.807) is 60.4 Å². The van der Waals surface area contributed by atoms with Gasteiger partial charge in [-0.3, -0.25) is 14.2 Å². The molecule has 5 amide bonds. The second-order valence-corrected chi connectivity index (χ2v) is 18.4. The topological polar surface area (TPSA) is 217 Å². The molecule has 1 unspecified atom stereocenters. The molecule has 0 bridgehead atoms. The first-order chi connectivity index (χ1) is 32.9. The van der Waals surface area contributed by atoms with Crippen LogP contribution >= 0.6 is 7.37 Å². The second-order valence-electron chi connectivity index (χ2n) is 15.8. The summed E-state index contributed by atoms with van der Waals surface area (Å²) in [4.78, 5) is 78.9. The van der Waals surface area contributed by atoms with E-state index in [2.05, 4.69) is 21.3 Å². The van der Waals surface area contributed by atoms with E-state index in [1.807, 2.05) is 72.8 Å². The maximum Gasteiger partial charge on any atom is 0.410 e. The molecule has 4 N–H and O–H groups in total. The Hall–Kier alpha value is -6.71. The van der Waals surface area contributed by atoms with Crippen LogP contribution in [-0.2, 0) is 68.8 Å². The fourth-order valence-corrected chi connectivity index (χ4v) is 8.52. The molecule has 0 radical (unpaired) electrons. The van der Waals surface area contributed by atoms with Gasteiger partial charge in [0.05, 0.1) is 12.9 Å². The minimum absolute atomic E-state index is 0.0375. The zero-order valence-corrected chi connectivity index (χ0v) is 39.7. The number of alkyl carbamates (subject to hydrolysis) is 2. The molecule has 0 aliphatic rings. The second kappa shape index (κ2) is 30.6. The van der Waals surface area contributed by atoms with Gasteiger partial charge in [-0.2, -0.15) is 0 Å². The van der Waals surface area contributed by atoms with Gasteiger partial charge in [0.15, 0.2) is 0 Å². The van der Waals surface area contributed by atoms with Crippen LogP contribution in [-0.4, -0.2) is 91.7 Å². The molecule has 18 heteroatoms. The van der Waals surface area contributed by atoms with Crippen LogP contribution in [0.4, 0.5) is 14.4 Å². The Balaban J connectivity index is 1.22. The molecule has 17 nitrogen and oxygen atoms in total. The number of esters is 1. The van der Waals surface area contributed by atoms with Gasteiger partial charge in [0.25, 0.3) is 0 Å². The summed E-state index contributed by atoms with van der Waals surface area (Å²) in [6.45, 7) is 4.46. The molecule has 4 aromatic rings. The zero-order valence-electron chi connectivity index (χ0n) is 38.8. The number of carbonyl (C=O) groups excluding carboxylic acids is 6. The summed E-state index contributed by atoms with van der Waals surface area (Å²) in [6.07, 6.45) is -0.471. The molecular formula is C50H64N5O12P. The van der Waals surface area contributed by atoms with Crippen molar-refractivity contribution >= 4 is 43.4 Å². The van der Waals surface area contributed by atoms with Crippen molar-refractivity contribution in [2.45, 2.75) is 90.9 Å². The fourth-order valence-electron chi connectivity index (χ4n) is 6.57. The Morgan fingerprint density at radius 1 is 0.588 bits per heavy atom. The number of nitrogens with zero attached hydrogens (tertiary/aromatic N) is 1. The monoisotopic (exact) mass is 957 g/mol. The molecule has 3 atom stereocenters. The van der Waals surface area contributed by atoms with Crippen LogP contribution in [0.3, 0.4) is 0 Å². The van der Waals surface area contributed by atoms with Crippen LogP contribution in [0.1, 0.15) is 74.6 Å². The molecule has 4 rings (SSSR count). The lowest BCUT2D eigenvalue weighted by atomic mass is 10.1. The Labute approximate surface area is 398 Å². The predicted molar refractivity (Wildman–Crippen MR) is 255 cm³/mol. The first-order valence-electron chi connectivity index (χ1n) is 22.8. The maximum atomic E-state index is 13.9. The average molecular weight is 958 g/mol. The third-order valence-corrected chi connectivity index (χ3v) is 12.6. The Morgan fingerprint density at radius 2 is 1.07 bits per heavy atom. The van der Waals surface area contributed by atoms with Gasteiger partial charge >= 0.3 is 24.2 Å². The molecule has 0 aromatic heterocycles. The third-order valence-electron chi connectivity index (χ3n) is 10.3. The van der Waals surface area contributed by atoms with Crippen LogP contribution in [0, 0.1) is 0 Å². The normalized spacial score (nSPS) is 12.5. The van der Waals surface area contributed by atoms with Crippen molar-refractivity contribution in [1.82, 2.24) is 26.2 Å². The number of hydrogen-bond acceptors (Lipinski definition) is 12. The number of hydrogen-bond donors (Lipinski definition) is 4. The van der Waals surface area contributed by atoms with Gasteiger partial charge in [-0.1, -0.05) is 121 Å². The Morgan fingerprint density at radius 3 is 1.60 bits per heavy atom. The van der Waals surface area contributed by atoms with Crippen LogP contribution in [0.25, 0.3) is 0 Å². The summed E-state index contributed by atoms with van der Waals surface area (Å²) in [5.74, 6) is -1.95. The molecule has 0 aliphatic carbocycles. The van der Waals surface area contributed by atoms with E-state index in [0.717, 1.165) is 22.3 Å². The maximum absolute atomic E-state index is 13.9. The Kier molecular flexibility index (Phi) is 24.2. The summed E-state index contributed by atoms with van der Waals surface area (Å²) in [7, 11) is -3.39. The minimum Gasteiger partial charge on any atom is -0.459 e. The number of amides is 5. The first kappa shape index (κ1) is 53.9. The SMILES string of the molecule is CCOP(=O)(CCCCN(CCCCNC(=O)OCc1ccccc1)C(=O)OCc1ccccc1)CNC(=O)[C@H](C)NC(=O)CC[C@H](NC(=O)OCc1ccccc1)C(=O)OCc1ccccc1. The molecule has 4 aromatic carbocycles. The predicted octanol–water partition coefficient (Wildman–Crippen LogP) is 7.82. The molecule has 0 aliphatic heterocycles. The van der Waals surface area contributed by atoms with Crippen molar-refractivity contribution in [3.8, 4) is 0 Å². The lowest BCUT2D eigenvalue weighted by molar-refractivity contribution is -0.147. The highest BCUT2D eigenvalue weighted by Gasteiger charge is 2.28. The molecule has 0 saturated heterocycles. The highest BCUT2D eigenvalue weighted by molar-refractivity contribution is 7.58. The van der Waals surface area contributed by atoms with Gasteiger partial charge in [-0.25, -0.2) is 19.2 Å². The van der Waals surface area contributed by atoms with E-state index >= 15 is 0 Å². The average Bonchev–Trinajstić information content (AvgIpc) is 3.36. The molecule has 0 spiro atoms. The smallest absolute Gasteiger partial charge is 0.410 e. The van der Waals surface area contributed by atoms with Crippen molar-refractivity contribution in [2.24, 2.45) is 0 Å². The number of unbranched alkanes of at least 4 members (excludes halogenated alkanes) is 2. The fraction of sp³-hybridized carbons (Fsp3) is 0.400. The van der Waals surface area contributed by atoms with Crippen LogP contribution < -0.4 is 21.3 Å². The van der Waals surface area contributed by atoms with Gasteiger partial charge in [-0.15, -0.1) is 0 Å². The minimum atomic E-state index is -3.39. The number of nitrogens with one attached hydrogen (secondary N) is 4. The number of rotatable bonds is 29. The highest BCUT2D eigenvalue weighted by atomic mass is 31.2. The largest absolute Gasteiger partial charge is 0.459 e. The van der Waals surface area contributed by atoms with E-state index in [0.29, 0.717) is 45.3 Å². The quantitative estimate of drug-likeness (QED) is 0.0177. The van der Waals surface area contributed by atoms with Crippen LogP contribution in [0.2, 0.25) is 0 Å². The van der Waals surface area contributed by atoms with Gasteiger partial charge in [-0.05, 0) is 68.2 Å². The van der Waals surface area contributed by atoms with Gasteiger partial charge in [0.2, 0.25) is 19.2 Å². The number of ether oxygens (including phenoxy) is 4. The van der Waals surface area contributed by atoms with Crippen molar-refractivity contribution in [2.75, 3.05) is 38.7 Å². The first-order valence-corrected chi connectivity index (χ1v) is 24.8. The third kappa shape index (κ3) is 21.7. The Bertz CT molecular complexity index is 2190. The summed E-state index contributed by atoms with van der Waals surface area (Å²) in [5.41, 5.74) is 3.19. The van der Waals surface area contributed by atoms with Crippen molar-refractivity contribution in [1.29, 1.82) is 0 Å². The number of benzene rings is 4. The van der Waals surface area contributed by atoms with E-state index in [-0.39, 0.29) is 58.3 Å². The molecule has 0 heterocycles.